The number of rotatable bonds is 11. The third-order valence-electron chi connectivity index (χ3n) is 3.58. The van der Waals surface area contributed by atoms with E-state index in [0.717, 1.165) is 12.3 Å². The van der Waals surface area contributed by atoms with Gasteiger partial charge in [-0.1, -0.05) is 12.8 Å². The van der Waals surface area contributed by atoms with Crippen LogP contribution in [0.1, 0.15) is 44.9 Å². The highest BCUT2D eigenvalue weighted by molar-refractivity contribution is 5.88. The number of amides is 2. The van der Waals surface area contributed by atoms with Crippen molar-refractivity contribution in [2.45, 2.75) is 57.1 Å². The summed E-state index contributed by atoms with van der Waals surface area (Å²) in [6.07, 6.45) is 9.57. The minimum atomic E-state index is -0.834. The molecule has 0 aromatic rings. The van der Waals surface area contributed by atoms with Crippen molar-refractivity contribution in [3.05, 3.63) is 0 Å². The van der Waals surface area contributed by atoms with Crippen LogP contribution in [0.5, 0.6) is 0 Å². The van der Waals surface area contributed by atoms with E-state index in [1.54, 1.807) is 0 Å². The maximum absolute atomic E-state index is 12.0. The summed E-state index contributed by atoms with van der Waals surface area (Å²) in [6, 6.07) is -0.834. The molecule has 2 amide bonds. The molecule has 0 bridgehead atoms. The van der Waals surface area contributed by atoms with Crippen molar-refractivity contribution in [1.82, 2.24) is 10.6 Å². The molecule has 1 aliphatic carbocycles. The van der Waals surface area contributed by atoms with Gasteiger partial charge in [0.1, 0.15) is 12.3 Å². The van der Waals surface area contributed by atoms with Crippen molar-refractivity contribution in [3.63, 3.8) is 0 Å². The molecule has 0 heterocycles. The summed E-state index contributed by atoms with van der Waals surface area (Å²) in [7, 11) is 0. The Kier molecular flexibility index (Phi) is 8.23. The van der Waals surface area contributed by atoms with E-state index in [0.29, 0.717) is 12.7 Å². The predicted molar refractivity (Wildman–Crippen MR) is 81.7 cm³/mol. The Morgan fingerprint density at radius 2 is 2.14 bits per heavy atom. The van der Waals surface area contributed by atoms with Crippen molar-refractivity contribution >= 4 is 18.1 Å². The first kappa shape index (κ1) is 18.2. The SMILES string of the molecule is C#CC[C@H](NC(=O)CCC=O)C(=O)NC[C@@H](O)CCC1CC1. The first-order valence-electron chi connectivity index (χ1n) is 7.69. The molecule has 0 aromatic carbocycles. The summed E-state index contributed by atoms with van der Waals surface area (Å²) < 4.78 is 0. The molecular weight excluding hydrogens is 284 g/mol. The largest absolute Gasteiger partial charge is 0.391 e. The second-order valence-corrected chi connectivity index (χ2v) is 5.65. The third kappa shape index (κ3) is 7.79. The summed E-state index contributed by atoms with van der Waals surface area (Å²) in [5.74, 6) is 2.27. The van der Waals surface area contributed by atoms with Crippen LogP contribution >= 0.6 is 0 Å². The Labute approximate surface area is 131 Å². The zero-order valence-electron chi connectivity index (χ0n) is 12.7. The minimum Gasteiger partial charge on any atom is -0.391 e. The quantitative estimate of drug-likeness (QED) is 0.374. The van der Waals surface area contributed by atoms with E-state index < -0.39 is 24.0 Å². The van der Waals surface area contributed by atoms with Crippen LogP contribution < -0.4 is 10.6 Å². The van der Waals surface area contributed by atoms with Crippen molar-refractivity contribution < 1.29 is 19.5 Å². The van der Waals surface area contributed by atoms with Gasteiger partial charge in [0.2, 0.25) is 11.8 Å². The molecule has 22 heavy (non-hydrogen) atoms. The molecule has 0 radical (unpaired) electrons. The van der Waals surface area contributed by atoms with Crippen LogP contribution in [0.2, 0.25) is 0 Å². The van der Waals surface area contributed by atoms with Gasteiger partial charge in [-0.05, 0) is 18.8 Å². The van der Waals surface area contributed by atoms with E-state index in [9.17, 15) is 19.5 Å². The Morgan fingerprint density at radius 1 is 1.41 bits per heavy atom. The van der Waals surface area contributed by atoms with Gasteiger partial charge in [-0.2, -0.15) is 0 Å². The average Bonchev–Trinajstić information content (AvgIpc) is 3.32. The standard InChI is InChI=1S/C16H24N2O4/c1-2-4-14(18-15(21)5-3-10-19)16(22)17-11-13(20)9-8-12-6-7-12/h1,10,12-14,20H,3-9,11H2,(H,17,22)(H,18,21)/t13-,14-/m0/s1. The third-order valence-corrected chi connectivity index (χ3v) is 3.58. The molecular formula is C16H24N2O4. The van der Waals surface area contributed by atoms with Crippen LogP contribution in [-0.2, 0) is 14.4 Å². The number of nitrogens with one attached hydrogen (secondary N) is 2. The van der Waals surface area contributed by atoms with Gasteiger partial charge >= 0.3 is 0 Å². The van der Waals surface area contributed by atoms with E-state index in [4.69, 9.17) is 6.42 Å². The fourth-order valence-electron chi connectivity index (χ4n) is 2.06. The Morgan fingerprint density at radius 3 is 2.73 bits per heavy atom. The maximum atomic E-state index is 12.0. The predicted octanol–water partition coefficient (Wildman–Crippen LogP) is 0.141. The molecule has 0 aliphatic heterocycles. The first-order valence-corrected chi connectivity index (χ1v) is 7.69. The van der Waals surface area contributed by atoms with Crippen LogP contribution in [0, 0.1) is 18.3 Å². The van der Waals surface area contributed by atoms with Gasteiger partial charge in [0.25, 0.3) is 0 Å². The van der Waals surface area contributed by atoms with Crippen LogP contribution in [-0.4, -0.2) is 41.9 Å². The molecule has 1 saturated carbocycles. The maximum Gasteiger partial charge on any atom is 0.243 e. The van der Waals surface area contributed by atoms with Gasteiger partial charge < -0.3 is 20.5 Å². The van der Waals surface area contributed by atoms with E-state index in [1.807, 2.05) is 0 Å². The van der Waals surface area contributed by atoms with Gasteiger partial charge in [-0.15, -0.1) is 12.3 Å². The van der Waals surface area contributed by atoms with Gasteiger partial charge in [0.05, 0.1) is 6.10 Å². The van der Waals surface area contributed by atoms with Crippen LogP contribution in [0.4, 0.5) is 0 Å². The monoisotopic (exact) mass is 308 g/mol. The lowest BCUT2D eigenvalue weighted by molar-refractivity contribution is -0.129. The molecule has 0 spiro atoms. The first-order chi connectivity index (χ1) is 10.6. The normalized spacial score (nSPS) is 16.2. The summed E-state index contributed by atoms with van der Waals surface area (Å²) >= 11 is 0. The lowest BCUT2D eigenvalue weighted by Gasteiger charge is -2.18. The molecule has 1 aliphatic rings. The molecule has 122 valence electrons. The minimum absolute atomic E-state index is 0.0296. The smallest absolute Gasteiger partial charge is 0.243 e. The summed E-state index contributed by atoms with van der Waals surface area (Å²) in [5, 5.41) is 14.9. The number of carbonyl (C=O) groups excluding carboxylic acids is 3. The topological polar surface area (TPSA) is 95.5 Å². The van der Waals surface area contributed by atoms with E-state index in [2.05, 4.69) is 16.6 Å². The van der Waals surface area contributed by atoms with Crippen molar-refractivity contribution in [2.24, 2.45) is 5.92 Å². The van der Waals surface area contributed by atoms with Crippen LogP contribution in [0.3, 0.4) is 0 Å². The number of aldehydes is 1. The van der Waals surface area contributed by atoms with E-state index in [-0.39, 0.29) is 25.8 Å². The van der Waals surface area contributed by atoms with Crippen molar-refractivity contribution in [2.75, 3.05) is 6.54 Å². The highest BCUT2D eigenvalue weighted by atomic mass is 16.3. The lowest BCUT2D eigenvalue weighted by atomic mass is 10.1. The number of carbonyl (C=O) groups is 3. The Bertz CT molecular complexity index is 426. The van der Waals surface area contributed by atoms with Gasteiger partial charge in [0.15, 0.2) is 0 Å². The molecule has 0 aromatic heterocycles. The molecule has 6 nitrogen and oxygen atoms in total. The average molecular weight is 308 g/mol. The molecule has 6 heteroatoms. The molecule has 1 rings (SSSR count). The number of hydrogen-bond donors (Lipinski definition) is 3. The summed E-state index contributed by atoms with van der Waals surface area (Å²) in [5.41, 5.74) is 0. The number of aliphatic hydroxyl groups is 1. The van der Waals surface area contributed by atoms with Crippen molar-refractivity contribution in [1.29, 1.82) is 0 Å². The second-order valence-electron chi connectivity index (χ2n) is 5.65. The fourth-order valence-corrected chi connectivity index (χ4v) is 2.06. The zero-order valence-corrected chi connectivity index (χ0v) is 12.7. The lowest BCUT2D eigenvalue weighted by Crippen LogP contribution is -2.48. The fraction of sp³-hybridized carbons (Fsp3) is 0.688. The van der Waals surface area contributed by atoms with Crippen molar-refractivity contribution in [3.8, 4) is 12.3 Å². The van der Waals surface area contributed by atoms with Gasteiger partial charge in [-0.25, -0.2) is 0 Å². The molecule has 2 atom stereocenters. The highest BCUT2D eigenvalue weighted by Crippen LogP contribution is 2.33. The molecule has 0 saturated heterocycles. The Hall–Kier alpha value is -1.87. The zero-order chi connectivity index (χ0) is 16.4. The Balaban J connectivity index is 2.31. The summed E-state index contributed by atoms with van der Waals surface area (Å²) in [6.45, 7) is 0.150. The van der Waals surface area contributed by atoms with Gasteiger partial charge in [-0.3, -0.25) is 9.59 Å². The number of aliphatic hydroxyl groups excluding tert-OH is 1. The number of terminal acetylenes is 1. The number of hydrogen-bond acceptors (Lipinski definition) is 4. The summed E-state index contributed by atoms with van der Waals surface area (Å²) in [4.78, 5) is 33.8. The van der Waals surface area contributed by atoms with E-state index >= 15 is 0 Å². The molecule has 3 N–H and O–H groups in total. The van der Waals surface area contributed by atoms with Gasteiger partial charge in [0, 0.05) is 25.8 Å². The molecule has 0 unspecified atom stereocenters. The van der Waals surface area contributed by atoms with Crippen LogP contribution in [0.15, 0.2) is 0 Å². The molecule has 1 fully saturated rings. The second kappa shape index (κ2) is 9.96. The van der Waals surface area contributed by atoms with Crippen LogP contribution in [0.25, 0.3) is 0 Å². The highest BCUT2D eigenvalue weighted by Gasteiger charge is 2.23. The van der Waals surface area contributed by atoms with E-state index in [1.165, 1.54) is 12.8 Å².